The minimum absolute atomic E-state index is 0.0650. The predicted octanol–water partition coefficient (Wildman–Crippen LogP) is 3.93. The van der Waals surface area contributed by atoms with E-state index in [0.717, 1.165) is 5.56 Å². The fourth-order valence-corrected chi connectivity index (χ4v) is 8.46. The summed E-state index contributed by atoms with van der Waals surface area (Å²) in [4.78, 5) is 53.5. The summed E-state index contributed by atoms with van der Waals surface area (Å²) in [5, 5.41) is 24.7. The summed E-state index contributed by atoms with van der Waals surface area (Å²) < 4.78 is 38.1. The average Bonchev–Trinajstić information content (AvgIpc) is 3.26. The number of esters is 4. The van der Waals surface area contributed by atoms with E-state index in [2.05, 4.69) is 0 Å². The van der Waals surface area contributed by atoms with Crippen molar-refractivity contribution < 1.29 is 57.8 Å². The molecule has 0 aromatic heterocycles. The van der Waals surface area contributed by atoms with Crippen molar-refractivity contribution in [3.05, 3.63) is 71.8 Å². The predicted molar refractivity (Wildman–Crippen MR) is 177 cm³/mol. The summed E-state index contributed by atoms with van der Waals surface area (Å²) in [6, 6.07) is 17.2. The van der Waals surface area contributed by atoms with E-state index in [1.807, 2.05) is 37.3 Å². The highest BCUT2D eigenvalue weighted by molar-refractivity contribution is 5.89. The van der Waals surface area contributed by atoms with E-state index in [1.54, 1.807) is 51.1 Å². The molecule has 1 aliphatic heterocycles. The summed E-state index contributed by atoms with van der Waals surface area (Å²) in [6.45, 7) is 10.0. The van der Waals surface area contributed by atoms with Crippen LogP contribution in [0.4, 0.5) is 0 Å². The lowest BCUT2D eigenvalue weighted by Crippen LogP contribution is -2.85. The third kappa shape index (κ3) is 6.31. The van der Waals surface area contributed by atoms with Crippen molar-refractivity contribution in [1.29, 1.82) is 0 Å². The van der Waals surface area contributed by atoms with Crippen LogP contribution in [0.25, 0.3) is 0 Å². The number of rotatable bonds is 11. The van der Waals surface area contributed by atoms with Crippen LogP contribution >= 0.6 is 0 Å². The minimum atomic E-state index is -2.06. The van der Waals surface area contributed by atoms with Crippen LogP contribution < -0.4 is 0 Å². The van der Waals surface area contributed by atoms with Crippen LogP contribution in [0.1, 0.15) is 77.2 Å². The Bertz CT molecular complexity index is 1560. The molecule has 5 rings (SSSR count). The maximum absolute atomic E-state index is 14.1. The molecule has 10 atom stereocenters. The van der Waals surface area contributed by atoms with Gasteiger partial charge in [0.1, 0.15) is 29.8 Å². The zero-order chi connectivity index (χ0) is 36.6. The second-order valence-corrected chi connectivity index (χ2v) is 14.5. The second kappa shape index (κ2) is 14.1. The number of carbonyl (C=O) groups excluding carboxylic acids is 4. The van der Waals surface area contributed by atoms with Gasteiger partial charge >= 0.3 is 23.9 Å². The second-order valence-electron chi connectivity index (χ2n) is 14.5. The molecule has 0 radical (unpaired) electrons. The molecule has 272 valence electrons. The maximum atomic E-state index is 14.1. The normalized spacial score (nSPS) is 34.5. The molecule has 2 bridgehead atoms. The summed E-state index contributed by atoms with van der Waals surface area (Å²) in [7, 11) is 0. The van der Waals surface area contributed by atoms with Crippen molar-refractivity contribution in [1.82, 2.24) is 0 Å². The fraction of sp³-hybridized carbons (Fsp3) is 0.579. The molecule has 2 N–H and O–H groups in total. The summed E-state index contributed by atoms with van der Waals surface area (Å²) >= 11 is 0. The van der Waals surface area contributed by atoms with E-state index in [4.69, 9.17) is 28.4 Å². The number of aliphatic hydroxyl groups excluding tert-OH is 1. The smallest absolute Gasteiger partial charge is 0.338 e. The van der Waals surface area contributed by atoms with Crippen molar-refractivity contribution in [2.75, 3.05) is 6.61 Å². The molecule has 1 heterocycles. The first kappa shape index (κ1) is 37.4. The van der Waals surface area contributed by atoms with Crippen molar-refractivity contribution >= 4 is 23.9 Å². The molecule has 50 heavy (non-hydrogen) atoms. The third-order valence-corrected chi connectivity index (χ3v) is 10.6. The highest BCUT2D eigenvalue weighted by atomic mass is 16.6. The first-order chi connectivity index (χ1) is 23.5. The van der Waals surface area contributed by atoms with Gasteiger partial charge in [-0.05, 0) is 44.9 Å². The Labute approximate surface area is 292 Å². The van der Waals surface area contributed by atoms with Gasteiger partial charge in [-0.3, -0.25) is 14.4 Å². The fourth-order valence-electron chi connectivity index (χ4n) is 8.46. The number of fused-ring (bicyclic) bond motifs is 1. The Balaban J connectivity index is 1.84. The number of aliphatic hydroxyl groups is 2. The monoisotopic (exact) mass is 696 g/mol. The zero-order valence-electron chi connectivity index (χ0n) is 29.6. The van der Waals surface area contributed by atoms with E-state index in [1.165, 1.54) is 20.8 Å². The topological polar surface area (TPSA) is 164 Å². The van der Waals surface area contributed by atoms with E-state index in [9.17, 15) is 29.4 Å². The average molecular weight is 697 g/mol. The Morgan fingerprint density at radius 3 is 2.06 bits per heavy atom. The SMILES string of the molecule is CCC(C)C(=O)OC[C@]12[C@H](OC(=O)c3ccccc3)[C@@H](OC(C)=O)[C@@H]3[C@@H](OC(C)=O)[C@]1(OC3(C)C)[C@@](C)(O)C[C@H](O)[C@@H]2OCc1ccccc1. The third-order valence-electron chi connectivity index (χ3n) is 10.6. The Morgan fingerprint density at radius 1 is 0.880 bits per heavy atom. The van der Waals surface area contributed by atoms with Crippen LogP contribution in [0.5, 0.6) is 0 Å². The number of carbonyl (C=O) groups is 4. The van der Waals surface area contributed by atoms with Gasteiger partial charge in [-0.25, -0.2) is 4.79 Å². The summed E-state index contributed by atoms with van der Waals surface area (Å²) in [5.74, 6) is -4.48. The molecule has 12 heteroatoms. The molecule has 0 amide bonds. The first-order valence-corrected chi connectivity index (χ1v) is 17.1. The molecule has 1 saturated heterocycles. The Morgan fingerprint density at radius 2 is 1.48 bits per heavy atom. The summed E-state index contributed by atoms with van der Waals surface area (Å²) in [6.07, 6.45) is -7.11. The molecule has 3 aliphatic rings. The lowest BCUT2D eigenvalue weighted by Gasteiger charge is -2.66. The van der Waals surface area contributed by atoms with Gasteiger partial charge in [-0.2, -0.15) is 0 Å². The van der Waals surface area contributed by atoms with Crippen LogP contribution in [0, 0.1) is 17.3 Å². The number of hydrogen-bond acceptors (Lipinski definition) is 12. The van der Waals surface area contributed by atoms with Gasteiger partial charge in [0.2, 0.25) is 0 Å². The lowest BCUT2D eigenvalue weighted by molar-refractivity contribution is -0.368. The van der Waals surface area contributed by atoms with Crippen molar-refractivity contribution in [2.45, 2.75) is 115 Å². The van der Waals surface area contributed by atoms with Gasteiger partial charge in [0.15, 0.2) is 6.10 Å². The standard InChI is InChI=1S/C38H48O12/c1-8-22(2)33(42)46-21-37-30(45-20-25-15-11-9-12-16-25)27(41)19-36(7,44)38(37)31(48-24(4)40)28(35(5,6)50-38)29(47-23(3)39)32(37)49-34(43)26-17-13-10-14-18-26/h9-18,22,27-32,41,44H,8,19-21H2,1-7H3/t22?,27-,28+,29-,30-,31+,32+,36-,37-,38-/m0/s1. The van der Waals surface area contributed by atoms with Crippen molar-refractivity contribution in [3.63, 3.8) is 0 Å². The first-order valence-electron chi connectivity index (χ1n) is 17.1. The molecule has 12 nitrogen and oxygen atoms in total. The Kier molecular flexibility index (Phi) is 10.5. The highest BCUT2D eigenvalue weighted by Crippen LogP contribution is 2.69. The molecule has 1 spiro atoms. The van der Waals surface area contributed by atoms with E-state index >= 15 is 0 Å². The molecular weight excluding hydrogens is 648 g/mol. The van der Waals surface area contributed by atoms with E-state index in [-0.39, 0.29) is 18.6 Å². The Hall–Kier alpha value is -3.84. The van der Waals surface area contributed by atoms with Gasteiger partial charge in [-0.15, -0.1) is 0 Å². The van der Waals surface area contributed by atoms with Gasteiger partial charge in [0.05, 0.1) is 47.4 Å². The zero-order valence-corrected chi connectivity index (χ0v) is 29.6. The van der Waals surface area contributed by atoms with E-state index in [0.29, 0.717) is 6.42 Å². The van der Waals surface area contributed by atoms with E-state index < -0.39 is 95.1 Å². The van der Waals surface area contributed by atoms with Gasteiger partial charge in [0.25, 0.3) is 0 Å². The minimum Gasteiger partial charge on any atom is -0.464 e. The lowest BCUT2D eigenvalue weighted by atomic mass is 9.45. The number of hydrogen-bond donors (Lipinski definition) is 2. The van der Waals surface area contributed by atoms with Crippen LogP contribution in [0.3, 0.4) is 0 Å². The summed E-state index contributed by atoms with van der Waals surface area (Å²) in [5.41, 5.74) is -6.59. The molecule has 2 aromatic rings. The molecule has 2 aromatic carbocycles. The largest absolute Gasteiger partial charge is 0.464 e. The molecular formula is C38H48O12. The van der Waals surface area contributed by atoms with Gasteiger partial charge < -0.3 is 38.6 Å². The molecule has 2 saturated carbocycles. The quantitative estimate of drug-likeness (QED) is 0.257. The van der Waals surface area contributed by atoms with Gasteiger partial charge in [0, 0.05) is 20.3 Å². The molecule has 3 fully saturated rings. The van der Waals surface area contributed by atoms with Crippen molar-refractivity contribution in [3.8, 4) is 0 Å². The highest BCUT2D eigenvalue weighted by Gasteiger charge is 2.88. The van der Waals surface area contributed by atoms with Crippen LogP contribution in [0.2, 0.25) is 0 Å². The van der Waals surface area contributed by atoms with Crippen molar-refractivity contribution in [2.24, 2.45) is 17.3 Å². The van der Waals surface area contributed by atoms with Crippen LogP contribution in [-0.2, 0) is 49.4 Å². The molecule has 2 aliphatic carbocycles. The van der Waals surface area contributed by atoms with Gasteiger partial charge in [-0.1, -0.05) is 62.4 Å². The number of ether oxygens (including phenoxy) is 6. The molecule has 1 unspecified atom stereocenters. The van der Waals surface area contributed by atoms with Crippen LogP contribution in [-0.4, -0.2) is 88.0 Å². The number of benzene rings is 2. The maximum Gasteiger partial charge on any atom is 0.338 e. The van der Waals surface area contributed by atoms with Crippen LogP contribution in [0.15, 0.2) is 60.7 Å².